The van der Waals surface area contributed by atoms with Gasteiger partial charge in [-0.3, -0.25) is 9.59 Å². The number of Topliss-reactive ketones (excluding diaryl/α,β-unsaturated/α-hetero) is 1. The number of carbonyl (C=O) groups excluding carboxylic acids is 2. The summed E-state index contributed by atoms with van der Waals surface area (Å²) in [6.45, 7) is 0. The fourth-order valence-electron chi connectivity index (χ4n) is 5.20. The number of cyclic esters (lactones) is 1. The number of hydrogen-bond acceptors (Lipinski definition) is 3. The molecule has 1 spiro atoms. The van der Waals surface area contributed by atoms with Gasteiger partial charge in [-0.2, -0.15) is 0 Å². The van der Waals surface area contributed by atoms with Gasteiger partial charge in [-0.05, 0) is 30.5 Å². The summed E-state index contributed by atoms with van der Waals surface area (Å²) in [5, 5.41) is 0.621. The van der Waals surface area contributed by atoms with Gasteiger partial charge in [0.05, 0.1) is 11.0 Å². The van der Waals surface area contributed by atoms with Crippen LogP contribution in [-0.2, 0) is 9.53 Å². The molecule has 0 bridgehead atoms. The van der Waals surface area contributed by atoms with E-state index >= 15 is 0 Å². The SMILES string of the molecule is O=C(C1=C(c2ccccc2)OC(=O)C2(CCCC2)C1c1ccc(Cl)cc1)c1ccccc1. The molecule has 1 saturated carbocycles. The molecule has 160 valence electrons. The number of ketones is 1. The van der Waals surface area contributed by atoms with Gasteiger partial charge in [-0.15, -0.1) is 0 Å². The van der Waals surface area contributed by atoms with Crippen molar-refractivity contribution in [1.82, 2.24) is 0 Å². The first-order valence-corrected chi connectivity index (χ1v) is 11.3. The lowest BCUT2D eigenvalue weighted by atomic mass is 9.64. The first-order valence-electron chi connectivity index (χ1n) is 11.0. The van der Waals surface area contributed by atoms with Gasteiger partial charge in [-0.1, -0.05) is 97.2 Å². The number of carbonyl (C=O) groups is 2. The maximum atomic E-state index is 14.0. The van der Waals surface area contributed by atoms with Crippen molar-refractivity contribution < 1.29 is 14.3 Å². The van der Waals surface area contributed by atoms with E-state index in [1.54, 1.807) is 0 Å². The van der Waals surface area contributed by atoms with Crippen LogP contribution < -0.4 is 0 Å². The van der Waals surface area contributed by atoms with Gasteiger partial charge in [0, 0.05) is 22.1 Å². The summed E-state index contributed by atoms with van der Waals surface area (Å²) in [6, 6.07) is 26.2. The van der Waals surface area contributed by atoms with Crippen LogP contribution in [0, 0.1) is 5.41 Å². The van der Waals surface area contributed by atoms with Gasteiger partial charge in [0.2, 0.25) is 0 Å². The Balaban J connectivity index is 1.80. The van der Waals surface area contributed by atoms with Crippen LogP contribution in [0.3, 0.4) is 0 Å². The molecule has 3 aromatic rings. The summed E-state index contributed by atoms with van der Waals surface area (Å²) in [5.41, 5.74) is 2.03. The lowest BCUT2D eigenvalue weighted by Crippen LogP contribution is -2.42. The predicted octanol–water partition coefficient (Wildman–Crippen LogP) is 6.84. The predicted molar refractivity (Wildman–Crippen MR) is 125 cm³/mol. The molecule has 1 heterocycles. The zero-order valence-electron chi connectivity index (χ0n) is 17.6. The van der Waals surface area contributed by atoms with Crippen molar-refractivity contribution in [3.63, 3.8) is 0 Å². The van der Waals surface area contributed by atoms with E-state index in [2.05, 4.69) is 0 Å². The maximum Gasteiger partial charge on any atom is 0.318 e. The van der Waals surface area contributed by atoms with E-state index in [-0.39, 0.29) is 11.8 Å². The van der Waals surface area contributed by atoms with Crippen LogP contribution in [0.15, 0.2) is 90.5 Å². The van der Waals surface area contributed by atoms with E-state index in [0.29, 0.717) is 34.8 Å². The van der Waals surface area contributed by atoms with Gasteiger partial charge in [0.15, 0.2) is 5.78 Å². The minimum Gasteiger partial charge on any atom is -0.425 e. The van der Waals surface area contributed by atoms with Crippen molar-refractivity contribution in [3.8, 4) is 0 Å². The van der Waals surface area contributed by atoms with Crippen LogP contribution in [0.25, 0.3) is 5.76 Å². The molecule has 0 radical (unpaired) electrons. The summed E-state index contributed by atoms with van der Waals surface area (Å²) in [5.74, 6) is -0.380. The number of benzene rings is 3. The van der Waals surface area contributed by atoms with E-state index in [9.17, 15) is 9.59 Å². The average molecular weight is 443 g/mol. The Hall–Kier alpha value is -3.17. The minimum atomic E-state index is -0.744. The lowest BCUT2D eigenvalue weighted by molar-refractivity contribution is -0.150. The van der Waals surface area contributed by atoms with E-state index in [0.717, 1.165) is 24.0 Å². The first-order chi connectivity index (χ1) is 15.6. The molecule has 4 heteroatoms. The quantitative estimate of drug-likeness (QED) is 0.328. The third kappa shape index (κ3) is 3.47. The van der Waals surface area contributed by atoms with Crippen LogP contribution in [-0.4, -0.2) is 11.8 Å². The van der Waals surface area contributed by atoms with Crippen molar-refractivity contribution in [2.75, 3.05) is 0 Å². The zero-order valence-corrected chi connectivity index (χ0v) is 18.3. The van der Waals surface area contributed by atoms with Crippen molar-refractivity contribution >= 4 is 29.1 Å². The van der Waals surface area contributed by atoms with Gasteiger partial charge >= 0.3 is 5.97 Å². The Kier molecular flexibility index (Phi) is 5.44. The summed E-state index contributed by atoms with van der Waals surface area (Å²) >= 11 is 6.18. The number of allylic oxidation sites excluding steroid dienone is 1. The second kappa shape index (κ2) is 8.40. The molecule has 3 nitrogen and oxygen atoms in total. The summed E-state index contributed by atoms with van der Waals surface area (Å²) < 4.78 is 6.03. The van der Waals surface area contributed by atoms with E-state index in [1.807, 2.05) is 84.9 Å². The lowest BCUT2D eigenvalue weighted by Gasteiger charge is -2.41. The smallest absolute Gasteiger partial charge is 0.318 e. The molecule has 1 fully saturated rings. The maximum absolute atomic E-state index is 14.0. The molecule has 1 aliphatic heterocycles. The van der Waals surface area contributed by atoms with Crippen LogP contribution in [0.1, 0.15) is 53.1 Å². The highest BCUT2D eigenvalue weighted by molar-refractivity contribution is 6.30. The second-order valence-corrected chi connectivity index (χ2v) is 8.98. The van der Waals surface area contributed by atoms with E-state index in [4.69, 9.17) is 16.3 Å². The molecular formula is C28H23ClO3. The molecule has 1 unspecified atom stereocenters. The fourth-order valence-corrected chi connectivity index (χ4v) is 5.32. The highest BCUT2D eigenvalue weighted by Crippen LogP contribution is 2.57. The molecule has 0 aromatic heterocycles. The first kappa shape index (κ1) is 20.7. The monoisotopic (exact) mass is 442 g/mol. The Labute approximate surface area is 192 Å². The topological polar surface area (TPSA) is 43.4 Å². The molecule has 0 amide bonds. The molecule has 0 N–H and O–H groups in total. The number of halogens is 1. The van der Waals surface area contributed by atoms with E-state index < -0.39 is 11.3 Å². The summed E-state index contributed by atoms with van der Waals surface area (Å²) in [6.07, 6.45) is 3.28. The Morgan fingerprint density at radius 2 is 1.44 bits per heavy atom. The number of esters is 1. The molecule has 2 aliphatic rings. The average Bonchev–Trinajstić information content (AvgIpc) is 3.32. The molecule has 0 saturated heterocycles. The largest absolute Gasteiger partial charge is 0.425 e. The number of rotatable bonds is 4. The van der Waals surface area contributed by atoms with Gasteiger partial charge in [-0.25, -0.2) is 0 Å². The number of hydrogen-bond donors (Lipinski definition) is 0. The fraction of sp³-hybridized carbons (Fsp3) is 0.214. The Morgan fingerprint density at radius 1 is 0.844 bits per heavy atom. The van der Waals surface area contributed by atoms with Gasteiger partial charge < -0.3 is 4.74 Å². The molecule has 5 rings (SSSR count). The van der Waals surface area contributed by atoms with Crippen molar-refractivity contribution in [1.29, 1.82) is 0 Å². The minimum absolute atomic E-state index is 0.108. The van der Waals surface area contributed by atoms with Crippen LogP contribution in [0.2, 0.25) is 5.02 Å². The van der Waals surface area contributed by atoms with Crippen LogP contribution in [0.5, 0.6) is 0 Å². The zero-order chi connectivity index (χ0) is 22.1. The third-order valence-corrected chi connectivity index (χ3v) is 6.95. The Morgan fingerprint density at radius 3 is 2.06 bits per heavy atom. The van der Waals surface area contributed by atoms with Gasteiger partial charge in [0.25, 0.3) is 0 Å². The molecule has 1 atom stereocenters. The van der Waals surface area contributed by atoms with E-state index in [1.165, 1.54) is 0 Å². The van der Waals surface area contributed by atoms with Gasteiger partial charge in [0.1, 0.15) is 5.76 Å². The highest BCUT2D eigenvalue weighted by atomic mass is 35.5. The molecule has 32 heavy (non-hydrogen) atoms. The normalized spacial score (nSPS) is 19.8. The van der Waals surface area contributed by atoms with Crippen molar-refractivity contribution in [2.24, 2.45) is 5.41 Å². The van der Waals surface area contributed by atoms with Crippen LogP contribution >= 0.6 is 11.6 Å². The standard InChI is InChI=1S/C28H23ClO3/c29-22-15-13-19(14-16-22)24-23(25(30)20-9-3-1-4-10-20)26(21-11-5-2-6-12-21)32-27(31)28(24)17-7-8-18-28/h1-6,9-16,24H,7-8,17-18H2. The second-order valence-electron chi connectivity index (χ2n) is 8.54. The summed E-state index contributed by atoms with van der Waals surface area (Å²) in [7, 11) is 0. The molecule has 1 aliphatic carbocycles. The molecule has 3 aromatic carbocycles. The highest BCUT2D eigenvalue weighted by Gasteiger charge is 2.56. The summed E-state index contributed by atoms with van der Waals surface area (Å²) in [4.78, 5) is 27.6. The van der Waals surface area contributed by atoms with Crippen LogP contribution in [0.4, 0.5) is 0 Å². The third-order valence-electron chi connectivity index (χ3n) is 6.70. The molecular weight excluding hydrogens is 420 g/mol. The van der Waals surface area contributed by atoms with Crippen molar-refractivity contribution in [3.05, 3.63) is 112 Å². The van der Waals surface area contributed by atoms with Crippen molar-refractivity contribution in [2.45, 2.75) is 31.6 Å². The Bertz CT molecular complexity index is 1170. The number of ether oxygens (including phenoxy) is 1.